The van der Waals surface area contributed by atoms with E-state index in [0.717, 1.165) is 6.07 Å². The van der Waals surface area contributed by atoms with E-state index in [1.54, 1.807) is 6.92 Å². The summed E-state index contributed by atoms with van der Waals surface area (Å²) in [5.41, 5.74) is 0.00189. The predicted octanol–water partition coefficient (Wildman–Crippen LogP) is 0.869. The van der Waals surface area contributed by atoms with Gasteiger partial charge in [-0.2, -0.15) is 0 Å². The minimum absolute atomic E-state index is 0.146. The molecule has 1 aromatic carbocycles. The van der Waals surface area contributed by atoms with Gasteiger partial charge in [0.05, 0.1) is 12.0 Å². The van der Waals surface area contributed by atoms with Crippen LogP contribution in [0.1, 0.15) is 24.1 Å². The van der Waals surface area contributed by atoms with E-state index in [1.807, 2.05) is 0 Å². The van der Waals surface area contributed by atoms with E-state index in [2.05, 4.69) is 10.1 Å². The first-order valence-corrected chi connectivity index (χ1v) is 8.50. The molecule has 1 amide bonds. The molecule has 1 aromatic rings. The van der Waals surface area contributed by atoms with Crippen molar-refractivity contribution in [2.24, 2.45) is 5.92 Å². The Morgan fingerprint density at radius 2 is 2.14 bits per heavy atom. The number of benzene rings is 1. The van der Waals surface area contributed by atoms with Crippen LogP contribution in [0.5, 0.6) is 5.75 Å². The molecule has 0 radical (unpaired) electrons. The van der Waals surface area contributed by atoms with Gasteiger partial charge in [0.2, 0.25) is 5.72 Å². The number of hydrogen-bond donors (Lipinski definition) is 4. The molecule has 1 unspecified atom stereocenters. The van der Waals surface area contributed by atoms with E-state index in [1.165, 1.54) is 29.4 Å². The molecule has 28 heavy (non-hydrogen) atoms. The summed E-state index contributed by atoms with van der Waals surface area (Å²) < 4.78 is 41.2. The van der Waals surface area contributed by atoms with E-state index in [4.69, 9.17) is 5.21 Å². The lowest BCUT2D eigenvalue weighted by molar-refractivity contribution is -0.274. The predicted molar refractivity (Wildman–Crippen MR) is 90.3 cm³/mol. The van der Waals surface area contributed by atoms with Gasteiger partial charge in [-0.05, 0) is 30.2 Å². The monoisotopic (exact) mass is 405 g/mol. The average molecular weight is 405 g/mol. The summed E-state index contributed by atoms with van der Waals surface area (Å²) in [4.78, 5) is 24.9. The molecule has 2 rings (SSSR count). The van der Waals surface area contributed by atoms with Gasteiger partial charge in [-0.15, -0.1) is 13.2 Å². The molecule has 0 bridgehead atoms. The summed E-state index contributed by atoms with van der Waals surface area (Å²) in [6.07, 6.45) is -4.44. The van der Waals surface area contributed by atoms with Crippen molar-refractivity contribution < 1.29 is 37.8 Å². The van der Waals surface area contributed by atoms with Crippen LogP contribution in [0, 0.1) is 12.8 Å². The van der Waals surface area contributed by atoms with Gasteiger partial charge in [0.25, 0.3) is 5.91 Å². The fourth-order valence-electron chi connectivity index (χ4n) is 3.39. The van der Waals surface area contributed by atoms with Crippen molar-refractivity contribution in [1.82, 2.24) is 15.7 Å². The highest BCUT2D eigenvalue weighted by molar-refractivity contribution is 5.87. The minimum Gasteiger partial charge on any atom is -0.406 e. The van der Waals surface area contributed by atoms with Crippen molar-refractivity contribution >= 4 is 12.2 Å². The van der Waals surface area contributed by atoms with Gasteiger partial charge in [-0.25, -0.2) is 5.48 Å². The second-order valence-corrected chi connectivity index (χ2v) is 6.57. The molecule has 0 spiro atoms. The molecule has 0 saturated carbocycles. The number of piperazine rings is 1. The van der Waals surface area contributed by atoms with E-state index >= 15 is 0 Å². The maximum atomic E-state index is 12.4. The molecule has 0 aliphatic carbocycles. The Morgan fingerprint density at radius 1 is 1.46 bits per heavy atom. The first kappa shape index (κ1) is 22.1. The van der Waals surface area contributed by atoms with Gasteiger partial charge >= 0.3 is 6.36 Å². The third-order valence-corrected chi connectivity index (χ3v) is 4.79. The van der Waals surface area contributed by atoms with Gasteiger partial charge in [0.1, 0.15) is 12.0 Å². The van der Waals surface area contributed by atoms with Gasteiger partial charge < -0.3 is 20.0 Å². The van der Waals surface area contributed by atoms with Crippen LogP contribution in [0.15, 0.2) is 18.2 Å². The molecule has 3 atom stereocenters. The van der Waals surface area contributed by atoms with Crippen molar-refractivity contribution in [2.75, 3.05) is 19.6 Å². The normalized spacial score (nSPS) is 21.5. The molecule has 11 heteroatoms. The Bertz CT molecular complexity index is 730. The van der Waals surface area contributed by atoms with Crippen LogP contribution < -0.4 is 15.5 Å². The number of aldehydes is 1. The number of nitrogens with one attached hydrogen (secondary N) is 2. The van der Waals surface area contributed by atoms with Crippen molar-refractivity contribution in [3.8, 4) is 5.75 Å². The molecule has 1 heterocycles. The third-order valence-electron chi connectivity index (χ3n) is 4.79. The lowest BCUT2D eigenvalue weighted by Gasteiger charge is -2.47. The number of carbonyl (C=O) groups is 2. The summed E-state index contributed by atoms with van der Waals surface area (Å²) >= 11 is 0. The molecule has 1 aliphatic rings. The summed E-state index contributed by atoms with van der Waals surface area (Å²) in [6.45, 7) is 3.69. The Hall–Kier alpha value is -2.21. The fraction of sp³-hybridized carbons (Fsp3) is 0.529. The maximum absolute atomic E-state index is 12.4. The lowest BCUT2D eigenvalue weighted by Crippen LogP contribution is -2.67. The van der Waals surface area contributed by atoms with Gasteiger partial charge in [0, 0.05) is 19.6 Å². The average Bonchev–Trinajstić information content (AvgIpc) is 2.65. The van der Waals surface area contributed by atoms with Crippen LogP contribution in [-0.2, 0) is 9.59 Å². The zero-order chi connectivity index (χ0) is 21.1. The Kier molecular flexibility index (Phi) is 6.65. The Labute approximate surface area is 159 Å². The molecule has 1 saturated heterocycles. The second-order valence-electron chi connectivity index (χ2n) is 6.57. The highest BCUT2D eigenvalue weighted by Gasteiger charge is 2.50. The molecular weight excluding hydrogens is 383 g/mol. The van der Waals surface area contributed by atoms with E-state index in [0.29, 0.717) is 24.0 Å². The molecular formula is C17H22F3N3O5. The van der Waals surface area contributed by atoms with Crippen LogP contribution in [0.4, 0.5) is 13.2 Å². The summed E-state index contributed by atoms with van der Waals surface area (Å²) in [5, 5.41) is 23.2. The molecule has 1 aliphatic heterocycles. The quantitative estimate of drug-likeness (QED) is 0.316. The summed E-state index contributed by atoms with van der Waals surface area (Å²) in [5.74, 6) is -2.75. The van der Waals surface area contributed by atoms with Gasteiger partial charge in [-0.1, -0.05) is 13.0 Å². The van der Waals surface area contributed by atoms with Crippen molar-refractivity contribution in [3.63, 3.8) is 0 Å². The number of carbonyl (C=O) groups excluding carboxylic acids is 2. The molecule has 1 fully saturated rings. The first-order chi connectivity index (χ1) is 13.0. The Balaban J connectivity index is 2.44. The highest BCUT2D eigenvalue weighted by Crippen LogP contribution is 2.35. The van der Waals surface area contributed by atoms with Gasteiger partial charge in [0.15, 0.2) is 0 Å². The number of nitrogens with zero attached hydrogens (tertiary/aromatic N) is 1. The molecule has 4 N–H and O–H groups in total. The number of hydroxylamine groups is 1. The largest absolute Gasteiger partial charge is 0.573 e. The molecule has 8 nitrogen and oxygen atoms in total. The number of alkyl halides is 3. The van der Waals surface area contributed by atoms with E-state index in [9.17, 15) is 27.9 Å². The highest BCUT2D eigenvalue weighted by atomic mass is 19.4. The van der Waals surface area contributed by atoms with Crippen LogP contribution >= 0.6 is 0 Å². The number of amides is 1. The number of rotatable bonds is 6. The van der Waals surface area contributed by atoms with Crippen molar-refractivity contribution in [2.45, 2.75) is 32.0 Å². The zero-order valence-corrected chi connectivity index (χ0v) is 15.3. The number of aliphatic hydroxyl groups is 1. The fourth-order valence-corrected chi connectivity index (χ4v) is 3.39. The standard InChI is InChI=1S/C17H22F3N3O5/c1-10-7-12(28-17(18,19)20)3-4-13(10)14-8-21-5-6-23(14)16(26,11(2)9-24)15(25)22-27/h3-4,7,9,11,14,21,26-27H,5-6,8H2,1-2H3,(H,22,25)/t11?,14-,16-/m0/s1. The lowest BCUT2D eigenvalue weighted by atomic mass is 9.90. The number of halogens is 3. The number of hydrogen-bond acceptors (Lipinski definition) is 7. The maximum Gasteiger partial charge on any atom is 0.573 e. The van der Waals surface area contributed by atoms with Crippen LogP contribution in [0.25, 0.3) is 0 Å². The molecule has 0 aromatic heterocycles. The van der Waals surface area contributed by atoms with Crippen LogP contribution in [-0.4, -0.2) is 59.1 Å². The summed E-state index contributed by atoms with van der Waals surface area (Å²) in [7, 11) is 0. The number of ether oxygens (including phenoxy) is 1. The van der Waals surface area contributed by atoms with Crippen LogP contribution in [0.3, 0.4) is 0 Å². The summed E-state index contributed by atoms with van der Waals surface area (Å²) in [6, 6.07) is 3.09. The number of aryl methyl sites for hydroxylation is 1. The smallest absolute Gasteiger partial charge is 0.406 e. The van der Waals surface area contributed by atoms with Gasteiger partial charge in [-0.3, -0.25) is 14.9 Å². The minimum atomic E-state index is -4.83. The zero-order valence-electron chi connectivity index (χ0n) is 15.3. The van der Waals surface area contributed by atoms with Crippen molar-refractivity contribution in [3.05, 3.63) is 29.3 Å². The van der Waals surface area contributed by atoms with E-state index in [-0.39, 0.29) is 13.1 Å². The van der Waals surface area contributed by atoms with Crippen molar-refractivity contribution in [1.29, 1.82) is 0 Å². The third kappa shape index (κ3) is 4.43. The second kappa shape index (κ2) is 8.43. The SMILES string of the molecule is Cc1cc(OC(F)(F)F)ccc1[C@@H]1CNCCN1[C@@](O)(C(=O)NO)C(C)C=O. The van der Waals surface area contributed by atoms with Crippen LogP contribution in [0.2, 0.25) is 0 Å². The van der Waals surface area contributed by atoms with E-state index < -0.39 is 35.7 Å². The Morgan fingerprint density at radius 3 is 2.68 bits per heavy atom. The molecule has 156 valence electrons. The first-order valence-electron chi connectivity index (χ1n) is 8.50. The topological polar surface area (TPSA) is 111 Å².